The van der Waals surface area contributed by atoms with Crippen molar-refractivity contribution in [2.45, 2.75) is 12.6 Å². The number of methoxy groups -OCH3 is 2. The number of hydrogen-bond donors (Lipinski definition) is 1. The molecular weight excluding hydrogens is 166 g/mol. The molecule has 13 heavy (non-hydrogen) atoms. The summed E-state index contributed by atoms with van der Waals surface area (Å²) in [7, 11) is 3.25. The lowest BCUT2D eigenvalue weighted by atomic mass is 10.1. The first-order valence-corrected chi connectivity index (χ1v) is 4.17. The molecule has 3 heteroatoms. The van der Waals surface area contributed by atoms with Crippen molar-refractivity contribution in [1.82, 2.24) is 0 Å². The van der Waals surface area contributed by atoms with Gasteiger partial charge in [-0.1, -0.05) is 12.1 Å². The van der Waals surface area contributed by atoms with Crippen LogP contribution in [-0.4, -0.2) is 20.4 Å². The Balaban J connectivity index is 2.66. The Morgan fingerprint density at radius 1 is 1.38 bits per heavy atom. The Bertz CT molecular complexity index is 263. The van der Waals surface area contributed by atoms with Gasteiger partial charge in [0.2, 0.25) is 0 Å². The van der Waals surface area contributed by atoms with E-state index in [0.717, 1.165) is 11.3 Å². The van der Waals surface area contributed by atoms with E-state index in [1.165, 1.54) is 0 Å². The molecule has 1 atom stereocenters. The summed E-state index contributed by atoms with van der Waals surface area (Å²) < 4.78 is 10.1. The highest BCUT2D eigenvalue weighted by molar-refractivity contribution is 5.28. The van der Waals surface area contributed by atoms with E-state index in [9.17, 15) is 0 Å². The minimum atomic E-state index is -0.243. The van der Waals surface area contributed by atoms with Crippen molar-refractivity contribution >= 4 is 0 Å². The number of hydrogen-bond acceptors (Lipinski definition) is 3. The van der Waals surface area contributed by atoms with Gasteiger partial charge in [0.05, 0.1) is 7.11 Å². The molecule has 1 rings (SSSR count). The fourth-order valence-corrected chi connectivity index (χ4v) is 1.12. The van der Waals surface area contributed by atoms with Crippen LogP contribution in [0.15, 0.2) is 24.3 Å². The molecule has 1 unspecified atom stereocenters. The molecule has 0 aliphatic heterocycles. The van der Waals surface area contributed by atoms with E-state index in [2.05, 4.69) is 0 Å². The summed E-state index contributed by atoms with van der Waals surface area (Å²) in [5.74, 6) is 0.848. The van der Waals surface area contributed by atoms with E-state index in [0.29, 0.717) is 6.42 Å². The van der Waals surface area contributed by atoms with Crippen LogP contribution in [0, 0.1) is 0 Å². The van der Waals surface area contributed by atoms with Gasteiger partial charge in [0, 0.05) is 13.5 Å². The largest absolute Gasteiger partial charge is 0.497 e. The summed E-state index contributed by atoms with van der Waals surface area (Å²) in [6.45, 7) is 0. The quantitative estimate of drug-likeness (QED) is 0.709. The van der Waals surface area contributed by atoms with Crippen LogP contribution < -0.4 is 10.5 Å². The van der Waals surface area contributed by atoms with Crippen LogP contribution in [0.1, 0.15) is 5.56 Å². The number of ether oxygens (including phenoxy) is 2. The van der Waals surface area contributed by atoms with E-state index in [-0.39, 0.29) is 6.23 Å². The van der Waals surface area contributed by atoms with E-state index in [1.807, 2.05) is 24.3 Å². The Labute approximate surface area is 78.5 Å². The van der Waals surface area contributed by atoms with E-state index < -0.39 is 0 Å². The normalized spacial score (nSPS) is 12.5. The SMILES string of the molecule is COc1cccc(CC(N)OC)c1. The van der Waals surface area contributed by atoms with Crippen LogP contribution in [0.5, 0.6) is 5.75 Å². The second-order valence-corrected chi connectivity index (χ2v) is 2.83. The van der Waals surface area contributed by atoms with Gasteiger partial charge in [0.15, 0.2) is 0 Å². The highest BCUT2D eigenvalue weighted by Crippen LogP contribution is 2.13. The third kappa shape index (κ3) is 3.05. The smallest absolute Gasteiger partial charge is 0.119 e. The maximum absolute atomic E-state index is 5.63. The minimum Gasteiger partial charge on any atom is -0.497 e. The first kappa shape index (κ1) is 10.0. The molecule has 3 nitrogen and oxygen atoms in total. The third-order valence-corrected chi connectivity index (χ3v) is 1.87. The van der Waals surface area contributed by atoms with E-state index in [4.69, 9.17) is 15.2 Å². The molecule has 0 aliphatic rings. The average Bonchev–Trinajstić information content (AvgIpc) is 2.18. The lowest BCUT2D eigenvalue weighted by Gasteiger charge is -2.09. The fraction of sp³-hybridized carbons (Fsp3) is 0.400. The molecule has 1 aromatic carbocycles. The molecule has 0 fully saturated rings. The molecule has 0 heterocycles. The lowest BCUT2D eigenvalue weighted by Crippen LogP contribution is -2.24. The van der Waals surface area contributed by atoms with E-state index in [1.54, 1.807) is 14.2 Å². The predicted octanol–water partition coefficient (Wildman–Crippen LogP) is 1.17. The Morgan fingerprint density at radius 3 is 2.77 bits per heavy atom. The topological polar surface area (TPSA) is 44.5 Å². The number of rotatable bonds is 4. The van der Waals surface area contributed by atoms with Gasteiger partial charge in [0.25, 0.3) is 0 Å². The van der Waals surface area contributed by atoms with Crippen molar-refractivity contribution < 1.29 is 9.47 Å². The van der Waals surface area contributed by atoms with Crippen LogP contribution >= 0.6 is 0 Å². The lowest BCUT2D eigenvalue weighted by molar-refractivity contribution is 0.109. The molecule has 0 bridgehead atoms. The van der Waals surface area contributed by atoms with E-state index >= 15 is 0 Å². The van der Waals surface area contributed by atoms with Gasteiger partial charge in [-0.3, -0.25) is 0 Å². The molecule has 2 N–H and O–H groups in total. The fourth-order valence-electron chi connectivity index (χ4n) is 1.12. The zero-order valence-electron chi connectivity index (χ0n) is 7.99. The summed E-state index contributed by atoms with van der Waals surface area (Å²) in [4.78, 5) is 0. The molecule has 1 aromatic rings. The van der Waals surface area contributed by atoms with Gasteiger partial charge in [-0.05, 0) is 17.7 Å². The molecule has 0 saturated carbocycles. The third-order valence-electron chi connectivity index (χ3n) is 1.87. The highest BCUT2D eigenvalue weighted by Gasteiger charge is 2.02. The standard InChI is InChI=1S/C10H15NO2/c1-12-9-5-3-4-8(6-9)7-10(11)13-2/h3-6,10H,7,11H2,1-2H3. The molecule has 0 amide bonds. The highest BCUT2D eigenvalue weighted by atomic mass is 16.5. The van der Waals surface area contributed by atoms with Crippen molar-refractivity contribution in [3.63, 3.8) is 0 Å². The minimum absolute atomic E-state index is 0.243. The Morgan fingerprint density at radius 2 is 2.15 bits per heavy atom. The predicted molar refractivity (Wildman–Crippen MR) is 51.7 cm³/mol. The zero-order valence-corrected chi connectivity index (χ0v) is 7.99. The van der Waals surface area contributed by atoms with Gasteiger partial charge >= 0.3 is 0 Å². The molecule has 72 valence electrons. The van der Waals surface area contributed by atoms with Crippen molar-refractivity contribution in [3.05, 3.63) is 29.8 Å². The van der Waals surface area contributed by atoms with Gasteiger partial charge in [0.1, 0.15) is 12.0 Å². The van der Waals surface area contributed by atoms with Gasteiger partial charge in [-0.25, -0.2) is 0 Å². The maximum Gasteiger partial charge on any atom is 0.119 e. The van der Waals surface area contributed by atoms with Crippen molar-refractivity contribution in [2.24, 2.45) is 5.73 Å². The van der Waals surface area contributed by atoms with Crippen LogP contribution in [0.3, 0.4) is 0 Å². The Hall–Kier alpha value is -1.06. The summed E-state index contributed by atoms with van der Waals surface area (Å²) in [6, 6.07) is 7.80. The number of benzene rings is 1. The van der Waals surface area contributed by atoms with Crippen LogP contribution in [0.25, 0.3) is 0 Å². The average molecular weight is 181 g/mol. The first-order chi connectivity index (χ1) is 6.26. The monoisotopic (exact) mass is 181 g/mol. The molecule has 0 saturated heterocycles. The van der Waals surface area contributed by atoms with Gasteiger partial charge in [-0.15, -0.1) is 0 Å². The summed E-state index contributed by atoms with van der Waals surface area (Å²) in [5.41, 5.74) is 6.75. The molecule has 0 radical (unpaired) electrons. The van der Waals surface area contributed by atoms with Crippen LogP contribution in [0.4, 0.5) is 0 Å². The molecule has 0 aliphatic carbocycles. The van der Waals surface area contributed by atoms with Crippen molar-refractivity contribution in [3.8, 4) is 5.75 Å². The summed E-state index contributed by atoms with van der Waals surface area (Å²) in [5, 5.41) is 0. The zero-order chi connectivity index (χ0) is 9.68. The molecular formula is C10H15NO2. The van der Waals surface area contributed by atoms with Crippen molar-refractivity contribution in [1.29, 1.82) is 0 Å². The maximum atomic E-state index is 5.63. The second-order valence-electron chi connectivity index (χ2n) is 2.83. The summed E-state index contributed by atoms with van der Waals surface area (Å²) in [6.07, 6.45) is 0.459. The molecule has 0 spiro atoms. The van der Waals surface area contributed by atoms with Gasteiger partial charge < -0.3 is 15.2 Å². The van der Waals surface area contributed by atoms with Gasteiger partial charge in [-0.2, -0.15) is 0 Å². The molecule has 0 aromatic heterocycles. The second kappa shape index (κ2) is 4.84. The van der Waals surface area contributed by atoms with Crippen molar-refractivity contribution in [2.75, 3.05) is 14.2 Å². The Kier molecular flexibility index (Phi) is 3.73. The summed E-state index contributed by atoms with van der Waals surface area (Å²) >= 11 is 0. The van der Waals surface area contributed by atoms with Crippen LogP contribution in [-0.2, 0) is 11.2 Å². The van der Waals surface area contributed by atoms with Crippen LogP contribution in [0.2, 0.25) is 0 Å². The number of nitrogens with two attached hydrogens (primary N) is 1. The first-order valence-electron chi connectivity index (χ1n) is 4.17.